The molecule has 0 atom stereocenters. The van der Waals surface area contributed by atoms with Crippen LogP contribution in [0, 0.1) is 0 Å². The minimum Gasteiger partial charge on any atom is -0.309 e. The van der Waals surface area contributed by atoms with Crippen LogP contribution in [0.25, 0.3) is 83.9 Å². The number of aromatic nitrogens is 4. The summed E-state index contributed by atoms with van der Waals surface area (Å²) in [7, 11) is 0. The molecule has 4 nitrogen and oxygen atoms in total. The Morgan fingerprint density at radius 3 is 1.55 bits per heavy atom. The molecule has 0 bridgehead atoms. The maximum absolute atomic E-state index is 5.24. The van der Waals surface area contributed by atoms with E-state index in [1.807, 2.05) is 24.3 Å². The fourth-order valence-corrected chi connectivity index (χ4v) is 9.86. The monoisotopic (exact) mass is 790 g/mol. The second-order valence-electron chi connectivity index (χ2n) is 15.9. The molecule has 0 radical (unpaired) electrons. The molecule has 2 heterocycles. The summed E-state index contributed by atoms with van der Waals surface area (Å²) in [6.45, 7) is 0. The lowest BCUT2D eigenvalue weighted by molar-refractivity contribution is 0.772. The minimum absolute atomic E-state index is 0.584. The van der Waals surface area contributed by atoms with E-state index in [9.17, 15) is 0 Å². The molecule has 1 aliphatic carbocycles. The van der Waals surface area contributed by atoms with E-state index in [-0.39, 0.29) is 0 Å². The van der Waals surface area contributed by atoms with Gasteiger partial charge in [-0.2, -0.15) is 0 Å². The fraction of sp³-hybridized carbons (Fsp3) is 0.0172. The Balaban J connectivity index is 1.12. The third-order valence-electron chi connectivity index (χ3n) is 12.5. The van der Waals surface area contributed by atoms with Crippen LogP contribution in [-0.2, 0) is 5.41 Å². The number of hydrogen-bond donors (Lipinski definition) is 0. The van der Waals surface area contributed by atoms with E-state index in [0.29, 0.717) is 17.5 Å². The molecule has 0 unspecified atom stereocenters. The molecule has 12 rings (SSSR count). The van der Waals surface area contributed by atoms with Crippen molar-refractivity contribution >= 4 is 21.8 Å². The summed E-state index contributed by atoms with van der Waals surface area (Å²) >= 11 is 0. The Hall–Kier alpha value is -8.21. The molecule has 1 aliphatic rings. The van der Waals surface area contributed by atoms with Crippen LogP contribution in [0.2, 0.25) is 0 Å². The molecule has 62 heavy (non-hydrogen) atoms. The Labute approximate surface area is 360 Å². The number of fused-ring (bicyclic) bond motifs is 7. The summed E-state index contributed by atoms with van der Waals surface area (Å²) in [5.74, 6) is 1.87. The Kier molecular flexibility index (Phi) is 8.36. The zero-order valence-corrected chi connectivity index (χ0v) is 33.7. The Morgan fingerprint density at radius 1 is 0.339 bits per heavy atom. The summed E-state index contributed by atoms with van der Waals surface area (Å²) < 4.78 is 2.48. The summed E-state index contributed by atoms with van der Waals surface area (Å²) in [6.07, 6.45) is 0. The van der Waals surface area contributed by atoms with Gasteiger partial charge in [-0.25, -0.2) is 15.0 Å². The van der Waals surface area contributed by atoms with Crippen molar-refractivity contribution in [1.82, 2.24) is 19.5 Å². The second-order valence-corrected chi connectivity index (χ2v) is 15.9. The van der Waals surface area contributed by atoms with Crippen molar-refractivity contribution in [3.63, 3.8) is 0 Å². The molecule has 4 heteroatoms. The van der Waals surface area contributed by atoms with Crippen molar-refractivity contribution in [2.75, 3.05) is 0 Å². The zero-order chi connectivity index (χ0) is 41.0. The predicted octanol–water partition coefficient (Wildman–Crippen LogP) is 14.0. The van der Waals surface area contributed by atoms with Gasteiger partial charge >= 0.3 is 0 Å². The van der Waals surface area contributed by atoms with E-state index in [2.05, 4.69) is 211 Å². The van der Waals surface area contributed by atoms with Crippen LogP contribution < -0.4 is 0 Å². The predicted molar refractivity (Wildman–Crippen MR) is 253 cm³/mol. The summed E-state index contributed by atoms with van der Waals surface area (Å²) in [6, 6.07) is 82.3. The smallest absolute Gasteiger partial charge is 0.164 e. The van der Waals surface area contributed by atoms with Crippen LogP contribution in [0.4, 0.5) is 0 Å². The van der Waals surface area contributed by atoms with E-state index in [1.165, 1.54) is 49.7 Å². The van der Waals surface area contributed by atoms with Gasteiger partial charge < -0.3 is 4.57 Å². The SMILES string of the molecule is c1ccc(-c2cccc(-c3nc(-c4ccccc4)nc(-c4cccc(-n5c6ccccc6c6ccc7c(c65)C(c5ccccc5)(c5ccccc5)c5ccccc5-7)c4)n3)c2)cc1. The molecular weight excluding hydrogens is 753 g/mol. The number of hydrogen-bond acceptors (Lipinski definition) is 3. The highest BCUT2D eigenvalue weighted by atomic mass is 15.0. The molecule has 2 aromatic heterocycles. The molecule has 0 saturated carbocycles. The van der Waals surface area contributed by atoms with Gasteiger partial charge in [0.1, 0.15) is 0 Å². The van der Waals surface area contributed by atoms with Crippen LogP contribution in [0.1, 0.15) is 22.3 Å². The molecular formula is C58H38N4. The molecule has 0 amide bonds. The van der Waals surface area contributed by atoms with Crippen molar-refractivity contribution in [3.8, 4) is 62.1 Å². The van der Waals surface area contributed by atoms with Gasteiger partial charge in [0.2, 0.25) is 0 Å². The van der Waals surface area contributed by atoms with Crippen LogP contribution in [0.15, 0.2) is 231 Å². The number of nitrogens with zero attached hydrogens (tertiary/aromatic N) is 4. The van der Waals surface area contributed by atoms with E-state index < -0.39 is 5.41 Å². The first-order valence-electron chi connectivity index (χ1n) is 21.1. The molecule has 0 N–H and O–H groups in total. The normalized spacial score (nSPS) is 12.6. The largest absolute Gasteiger partial charge is 0.309 e. The highest BCUT2D eigenvalue weighted by Gasteiger charge is 2.48. The lowest BCUT2D eigenvalue weighted by atomic mass is 9.67. The average molecular weight is 791 g/mol. The van der Waals surface area contributed by atoms with Gasteiger partial charge in [-0.1, -0.05) is 206 Å². The molecule has 9 aromatic carbocycles. The quantitative estimate of drug-likeness (QED) is 0.161. The van der Waals surface area contributed by atoms with Crippen LogP contribution in [-0.4, -0.2) is 19.5 Å². The number of para-hydroxylation sites is 1. The molecule has 0 aliphatic heterocycles. The molecule has 11 aromatic rings. The zero-order valence-electron chi connectivity index (χ0n) is 33.7. The summed E-state index contributed by atoms with van der Waals surface area (Å²) in [5.41, 5.74) is 15.3. The highest BCUT2D eigenvalue weighted by Crippen LogP contribution is 2.59. The van der Waals surface area contributed by atoms with E-state index >= 15 is 0 Å². The van der Waals surface area contributed by atoms with Gasteiger partial charge in [-0.3, -0.25) is 0 Å². The Bertz CT molecular complexity index is 3410. The maximum atomic E-state index is 5.24. The van der Waals surface area contributed by atoms with Crippen LogP contribution in [0.3, 0.4) is 0 Å². The number of rotatable bonds is 7. The van der Waals surface area contributed by atoms with Gasteiger partial charge in [-0.15, -0.1) is 0 Å². The number of benzene rings is 9. The van der Waals surface area contributed by atoms with Gasteiger partial charge in [0.25, 0.3) is 0 Å². The highest BCUT2D eigenvalue weighted by molar-refractivity contribution is 6.14. The summed E-state index contributed by atoms with van der Waals surface area (Å²) in [4.78, 5) is 15.5. The van der Waals surface area contributed by atoms with E-state index in [1.54, 1.807) is 0 Å². The van der Waals surface area contributed by atoms with Crippen molar-refractivity contribution in [3.05, 3.63) is 253 Å². The minimum atomic E-state index is -0.584. The first-order valence-corrected chi connectivity index (χ1v) is 21.1. The van der Waals surface area contributed by atoms with Gasteiger partial charge in [0, 0.05) is 38.7 Å². The first kappa shape index (κ1) is 35.7. The van der Waals surface area contributed by atoms with Gasteiger partial charge in [-0.05, 0) is 63.2 Å². The lowest BCUT2D eigenvalue weighted by Gasteiger charge is -2.34. The van der Waals surface area contributed by atoms with Crippen LogP contribution in [0.5, 0.6) is 0 Å². The van der Waals surface area contributed by atoms with Crippen molar-refractivity contribution in [2.24, 2.45) is 0 Å². The summed E-state index contributed by atoms with van der Waals surface area (Å²) in [5, 5.41) is 2.41. The molecule has 0 fully saturated rings. The molecule has 0 spiro atoms. The maximum Gasteiger partial charge on any atom is 0.164 e. The van der Waals surface area contributed by atoms with Crippen molar-refractivity contribution < 1.29 is 0 Å². The third kappa shape index (κ3) is 5.58. The average Bonchev–Trinajstić information content (AvgIpc) is 3.86. The standard InChI is InChI=1S/C58H38N4/c1-5-19-39(20-6-1)41-23-17-24-42(37-41)56-59-55(40-21-7-2-8-22-40)60-57(61-56)43-25-18-30-46(38-43)62-52-34-16-14-32-48(52)50-36-35-49-47-31-13-15-33-51(47)58(53(49)54(50)62,44-26-9-3-10-27-44)45-28-11-4-12-29-45/h1-38H. The lowest BCUT2D eigenvalue weighted by Crippen LogP contribution is -2.29. The van der Waals surface area contributed by atoms with Crippen molar-refractivity contribution in [1.29, 1.82) is 0 Å². The van der Waals surface area contributed by atoms with Gasteiger partial charge in [0.15, 0.2) is 17.5 Å². The topological polar surface area (TPSA) is 43.6 Å². The first-order chi connectivity index (χ1) is 30.8. The molecule has 0 saturated heterocycles. The third-order valence-corrected chi connectivity index (χ3v) is 12.5. The van der Waals surface area contributed by atoms with E-state index in [0.717, 1.165) is 39.0 Å². The van der Waals surface area contributed by atoms with Crippen molar-refractivity contribution in [2.45, 2.75) is 5.41 Å². The fourth-order valence-electron chi connectivity index (χ4n) is 9.86. The van der Waals surface area contributed by atoms with Crippen LogP contribution >= 0.6 is 0 Å². The Morgan fingerprint density at radius 2 is 0.855 bits per heavy atom. The molecule has 290 valence electrons. The van der Waals surface area contributed by atoms with E-state index in [4.69, 9.17) is 15.0 Å². The van der Waals surface area contributed by atoms with Gasteiger partial charge in [0.05, 0.1) is 16.4 Å². The second kappa shape index (κ2) is 14.5.